The smallest absolute Gasteiger partial charge is 0.321 e. The van der Waals surface area contributed by atoms with Gasteiger partial charge in [0, 0.05) is 12.8 Å². The molecule has 1 aromatic rings. The summed E-state index contributed by atoms with van der Waals surface area (Å²) in [5, 5.41) is 13.0. The molecule has 0 saturated heterocycles. The van der Waals surface area contributed by atoms with Crippen molar-refractivity contribution in [1.82, 2.24) is 10.6 Å². The average Bonchev–Trinajstić information content (AvgIpc) is 2.72. The van der Waals surface area contributed by atoms with E-state index in [1.165, 1.54) is 0 Å². The van der Waals surface area contributed by atoms with Gasteiger partial charge < -0.3 is 14.8 Å². The molecule has 0 atom stereocenters. The topological polar surface area (TPSA) is 109 Å². The highest BCUT2D eigenvalue weighted by molar-refractivity contribution is 5.94. The number of aliphatic carboxylic acids is 1. The molecular formula is C12H16N2O5. The molecule has 0 saturated carbocycles. The van der Waals surface area contributed by atoms with Crippen molar-refractivity contribution in [1.29, 1.82) is 0 Å². The molecule has 0 aliphatic carbocycles. The predicted molar refractivity (Wildman–Crippen MR) is 65.3 cm³/mol. The monoisotopic (exact) mass is 268 g/mol. The molecule has 0 radical (unpaired) electrons. The second-order valence-electron chi connectivity index (χ2n) is 3.99. The van der Waals surface area contributed by atoms with Crippen molar-refractivity contribution in [2.24, 2.45) is 0 Å². The van der Waals surface area contributed by atoms with Crippen LogP contribution in [0, 0.1) is 6.92 Å². The Hall–Kier alpha value is -2.31. The molecule has 0 spiro atoms. The lowest BCUT2D eigenvalue weighted by Crippen LogP contribution is -2.38. The van der Waals surface area contributed by atoms with E-state index in [-0.39, 0.29) is 25.8 Å². The van der Waals surface area contributed by atoms with Crippen molar-refractivity contribution in [3.05, 3.63) is 23.7 Å². The van der Waals surface area contributed by atoms with E-state index in [0.29, 0.717) is 5.76 Å². The van der Waals surface area contributed by atoms with Crippen LogP contribution in [0.1, 0.15) is 30.8 Å². The lowest BCUT2D eigenvalue weighted by Gasteiger charge is -2.04. The summed E-state index contributed by atoms with van der Waals surface area (Å²) in [4.78, 5) is 32.8. The Balaban J connectivity index is 2.19. The first-order chi connectivity index (χ1) is 8.97. The Morgan fingerprint density at radius 1 is 1.26 bits per heavy atom. The second kappa shape index (κ2) is 7.20. The van der Waals surface area contributed by atoms with Crippen molar-refractivity contribution in [2.45, 2.75) is 32.7 Å². The number of furan rings is 1. The number of hydrogen-bond acceptors (Lipinski definition) is 4. The minimum atomic E-state index is -0.967. The lowest BCUT2D eigenvalue weighted by atomic mass is 10.2. The maximum atomic E-state index is 11.3. The van der Waals surface area contributed by atoms with E-state index >= 15 is 0 Å². The van der Waals surface area contributed by atoms with Crippen LogP contribution < -0.4 is 10.6 Å². The maximum absolute atomic E-state index is 11.3. The highest BCUT2D eigenvalue weighted by atomic mass is 16.4. The van der Waals surface area contributed by atoms with Crippen LogP contribution in [-0.4, -0.2) is 23.0 Å². The highest BCUT2D eigenvalue weighted by Crippen LogP contribution is 2.05. The third-order valence-electron chi connectivity index (χ3n) is 2.27. The minimum Gasteiger partial charge on any atom is -0.481 e. The molecule has 19 heavy (non-hydrogen) atoms. The van der Waals surface area contributed by atoms with Gasteiger partial charge in [0.1, 0.15) is 11.5 Å². The number of imide groups is 1. The van der Waals surface area contributed by atoms with E-state index in [1.54, 1.807) is 19.1 Å². The first kappa shape index (κ1) is 14.7. The number of urea groups is 1. The van der Waals surface area contributed by atoms with E-state index < -0.39 is 17.9 Å². The molecule has 1 aromatic heterocycles. The third kappa shape index (κ3) is 6.25. The van der Waals surface area contributed by atoms with Crippen LogP contribution in [0.4, 0.5) is 4.79 Å². The number of amides is 3. The maximum Gasteiger partial charge on any atom is 0.321 e. The highest BCUT2D eigenvalue weighted by Gasteiger charge is 2.09. The van der Waals surface area contributed by atoms with Crippen molar-refractivity contribution >= 4 is 17.9 Å². The fourth-order valence-electron chi connectivity index (χ4n) is 1.38. The summed E-state index contributed by atoms with van der Waals surface area (Å²) in [5.41, 5.74) is 0. The van der Waals surface area contributed by atoms with Crippen LogP contribution in [0.2, 0.25) is 0 Å². The van der Waals surface area contributed by atoms with Gasteiger partial charge in [0.15, 0.2) is 0 Å². The molecule has 7 heteroatoms. The first-order valence-electron chi connectivity index (χ1n) is 5.82. The van der Waals surface area contributed by atoms with Crippen molar-refractivity contribution in [3.8, 4) is 0 Å². The number of carbonyl (C=O) groups is 3. The molecule has 0 bridgehead atoms. The van der Waals surface area contributed by atoms with Crippen molar-refractivity contribution in [3.63, 3.8) is 0 Å². The van der Waals surface area contributed by atoms with E-state index in [2.05, 4.69) is 10.6 Å². The Morgan fingerprint density at radius 2 is 2.00 bits per heavy atom. The van der Waals surface area contributed by atoms with Crippen LogP contribution >= 0.6 is 0 Å². The SMILES string of the molecule is Cc1ccc(CNC(=O)NC(=O)CCCC(=O)O)o1. The molecule has 3 amide bonds. The number of nitrogens with one attached hydrogen (secondary N) is 2. The zero-order valence-electron chi connectivity index (χ0n) is 10.6. The predicted octanol–water partition coefficient (Wildman–Crippen LogP) is 1.17. The Bertz CT molecular complexity index is 466. The fourth-order valence-corrected chi connectivity index (χ4v) is 1.38. The van der Waals surface area contributed by atoms with Gasteiger partial charge in [-0.05, 0) is 25.5 Å². The van der Waals surface area contributed by atoms with Gasteiger partial charge in [-0.1, -0.05) is 0 Å². The van der Waals surface area contributed by atoms with Gasteiger partial charge in [-0.3, -0.25) is 14.9 Å². The Morgan fingerprint density at radius 3 is 2.58 bits per heavy atom. The number of carbonyl (C=O) groups excluding carboxylic acids is 2. The van der Waals surface area contributed by atoms with Gasteiger partial charge in [-0.25, -0.2) is 4.79 Å². The summed E-state index contributed by atoms with van der Waals surface area (Å²) < 4.78 is 5.24. The third-order valence-corrected chi connectivity index (χ3v) is 2.27. The molecule has 0 unspecified atom stereocenters. The number of hydrogen-bond donors (Lipinski definition) is 3. The van der Waals surface area contributed by atoms with Crippen LogP contribution in [0.5, 0.6) is 0 Å². The van der Waals surface area contributed by atoms with Gasteiger partial charge in [-0.2, -0.15) is 0 Å². The minimum absolute atomic E-state index is 0.000417. The summed E-state index contributed by atoms with van der Waals surface area (Å²) in [7, 11) is 0. The average molecular weight is 268 g/mol. The second-order valence-corrected chi connectivity index (χ2v) is 3.99. The normalized spacial score (nSPS) is 9.95. The Kier molecular flexibility index (Phi) is 5.59. The van der Waals surface area contributed by atoms with Crippen LogP contribution in [-0.2, 0) is 16.1 Å². The summed E-state index contributed by atoms with van der Waals surface area (Å²) >= 11 is 0. The molecule has 1 heterocycles. The molecule has 0 fully saturated rings. The standard InChI is InChI=1S/C12H16N2O5/c1-8-5-6-9(19-8)7-13-12(18)14-10(15)3-2-4-11(16)17/h5-6H,2-4,7H2,1H3,(H,16,17)(H2,13,14,15,18). The number of rotatable bonds is 6. The molecular weight excluding hydrogens is 252 g/mol. The molecule has 104 valence electrons. The Labute approximate surface area is 110 Å². The molecule has 0 aliphatic heterocycles. The summed E-state index contributed by atoms with van der Waals surface area (Å²) in [5.74, 6) is -0.146. The summed E-state index contributed by atoms with van der Waals surface area (Å²) in [6.45, 7) is 1.97. The van der Waals surface area contributed by atoms with Crippen molar-refractivity contribution < 1.29 is 23.9 Å². The van der Waals surface area contributed by atoms with Gasteiger partial charge in [-0.15, -0.1) is 0 Å². The lowest BCUT2D eigenvalue weighted by molar-refractivity contribution is -0.137. The zero-order valence-corrected chi connectivity index (χ0v) is 10.6. The van der Waals surface area contributed by atoms with E-state index in [1.807, 2.05) is 0 Å². The molecule has 0 aromatic carbocycles. The van der Waals surface area contributed by atoms with Crippen molar-refractivity contribution in [2.75, 3.05) is 0 Å². The summed E-state index contributed by atoms with van der Waals surface area (Å²) in [6, 6.07) is 2.87. The zero-order chi connectivity index (χ0) is 14.3. The molecule has 3 N–H and O–H groups in total. The van der Waals surface area contributed by atoms with E-state index in [0.717, 1.165) is 5.76 Å². The van der Waals surface area contributed by atoms with Gasteiger partial charge in [0.25, 0.3) is 0 Å². The van der Waals surface area contributed by atoms with E-state index in [4.69, 9.17) is 9.52 Å². The van der Waals surface area contributed by atoms with Crippen LogP contribution in [0.15, 0.2) is 16.5 Å². The van der Waals surface area contributed by atoms with E-state index in [9.17, 15) is 14.4 Å². The number of aryl methyl sites for hydroxylation is 1. The molecule has 1 rings (SSSR count). The molecule has 7 nitrogen and oxygen atoms in total. The number of carboxylic acid groups (broad SMARTS) is 1. The van der Waals surface area contributed by atoms with Gasteiger partial charge in [0.2, 0.25) is 5.91 Å². The van der Waals surface area contributed by atoms with Crippen LogP contribution in [0.25, 0.3) is 0 Å². The number of carboxylic acids is 1. The largest absolute Gasteiger partial charge is 0.481 e. The quantitative estimate of drug-likeness (QED) is 0.717. The van der Waals surface area contributed by atoms with Gasteiger partial charge in [0.05, 0.1) is 6.54 Å². The molecule has 0 aliphatic rings. The van der Waals surface area contributed by atoms with Crippen LogP contribution in [0.3, 0.4) is 0 Å². The van der Waals surface area contributed by atoms with Gasteiger partial charge >= 0.3 is 12.0 Å². The fraction of sp³-hybridized carbons (Fsp3) is 0.417. The summed E-state index contributed by atoms with van der Waals surface area (Å²) in [6.07, 6.45) is 0.103. The first-order valence-corrected chi connectivity index (χ1v) is 5.82.